The summed E-state index contributed by atoms with van der Waals surface area (Å²) in [6.07, 6.45) is 0.975. The van der Waals surface area contributed by atoms with E-state index < -0.39 is 10.1 Å². The van der Waals surface area contributed by atoms with Crippen molar-refractivity contribution in [2.75, 3.05) is 6.26 Å². The van der Waals surface area contributed by atoms with E-state index in [2.05, 4.69) is 5.32 Å². The molecule has 128 valence electrons. The number of nitrogens with one attached hydrogen (secondary N) is 1. The molecule has 0 amide bonds. The van der Waals surface area contributed by atoms with Gasteiger partial charge in [-0.1, -0.05) is 30.3 Å². The second-order valence-corrected chi connectivity index (χ2v) is 7.27. The first-order chi connectivity index (χ1) is 11.3. The number of carbonyl (C=O) groups is 1. The molecular formula is C18H21NO4S. The van der Waals surface area contributed by atoms with Gasteiger partial charge in [0, 0.05) is 11.6 Å². The smallest absolute Gasteiger partial charge is 0.306 e. The summed E-state index contributed by atoms with van der Waals surface area (Å²) in [4.78, 5) is 12.5. The van der Waals surface area contributed by atoms with E-state index >= 15 is 0 Å². The molecule has 6 heteroatoms. The van der Waals surface area contributed by atoms with Crippen LogP contribution in [0.15, 0.2) is 54.6 Å². The van der Waals surface area contributed by atoms with Crippen LogP contribution in [0, 0.1) is 0 Å². The lowest BCUT2D eigenvalue weighted by molar-refractivity contribution is 0.0945. The molecule has 2 aromatic carbocycles. The van der Waals surface area contributed by atoms with Gasteiger partial charge in [-0.15, -0.1) is 0 Å². The van der Waals surface area contributed by atoms with Crippen molar-refractivity contribution in [2.45, 2.75) is 25.9 Å². The lowest BCUT2D eigenvalue weighted by Gasteiger charge is -2.19. The van der Waals surface area contributed by atoms with Gasteiger partial charge >= 0.3 is 10.1 Å². The summed E-state index contributed by atoms with van der Waals surface area (Å²) in [5.41, 5.74) is 1.60. The standard InChI is InChI=1S/C18H21NO4S/c1-13(15-7-5-4-6-8-15)19-14(2)18(20)16-9-11-17(12-10-16)23-24(3,21)22/h4-14,19H,1-3H3/t13-,14?/m0/s1. The second-order valence-electron chi connectivity index (χ2n) is 5.70. The van der Waals surface area contributed by atoms with Gasteiger partial charge in [-0.05, 0) is 43.7 Å². The molecule has 5 nitrogen and oxygen atoms in total. The number of carbonyl (C=O) groups excluding carboxylic acids is 1. The second kappa shape index (κ2) is 7.59. The maximum Gasteiger partial charge on any atom is 0.306 e. The van der Waals surface area contributed by atoms with Gasteiger partial charge in [-0.2, -0.15) is 8.42 Å². The molecule has 0 heterocycles. The topological polar surface area (TPSA) is 72.5 Å². The van der Waals surface area contributed by atoms with E-state index in [1.54, 1.807) is 12.1 Å². The summed E-state index contributed by atoms with van der Waals surface area (Å²) < 4.78 is 26.9. The fourth-order valence-electron chi connectivity index (χ4n) is 2.39. The third-order valence-corrected chi connectivity index (χ3v) is 4.07. The Morgan fingerprint density at radius 2 is 1.58 bits per heavy atom. The van der Waals surface area contributed by atoms with Crippen LogP contribution in [0.1, 0.15) is 35.8 Å². The molecule has 0 aromatic heterocycles. The summed E-state index contributed by atoms with van der Waals surface area (Å²) >= 11 is 0. The SMILES string of the molecule is CC(N[C@@H](C)c1ccccc1)C(=O)c1ccc(OS(C)(=O)=O)cc1. The molecule has 0 aliphatic rings. The molecular weight excluding hydrogens is 326 g/mol. The quantitative estimate of drug-likeness (QED) is 0.616. The monoisotopic (exact) mass is 347 g/mol. The third-order valence-electron chi connectivity index (χ3n) is 3.58. The molecule has 2 atom stereocenters. The largest absolute Gasteiger partial charge is 0.383 e. The summed E-state index contributed by atoms with van der Waals surface area (Å²) in [6.45, 7) is 3.81. The van der Waals surface area contributed by atoms with Gasteiger partial charge in [0.2, 0.25) is 0 Å². The predicted molar refractivity (Wildman–Crippen MR) is 93.7 cm³/mol. The summed E-state index contributed by atoms with van der Waals surface area (Å²) in [7, 11) is -3.57. The van der Waals surface area contributed by atoms with Crippen molar-refractivity contribution in [2.24, 2.45) is 0 Å². The van der Waals surface area contributed by atoms with Crippen LogP contribution in [0.25, 0.3) is 0 Å². The van der Waals surface area contributed by atoms with Gasteiger partial charge < -0.3 is 9.50 Å². The zero-order chi connectivity index (χ0) is 17.7. The molecule has 0 aliphatic carbocycles. The van der Waals surface area contributed by atoms with E-state index in [4.69, 9.17) is 4.18 Å². The van der Waals surface area contributed by atoms with Crippen molar-refractivity contribution in [3.05, 3.63) is 65.7 Å². The van der Waals surface area contributed by atoms with Crippen LogP contribution in [0.4, 0.5) is 0 Å². The fourth-order valence-corrected chi connectivity index (χ4v) is 2.85. The van der Waals surface area contributed by atoms with E-state index in [9.17, 15) is 13.2 Å². The van der Waals surface area contributed by atoms with Gasteiger partial charge in [-0.25, -0.2) is 0 Å². The van der Waals surface area contributed by atoms with Crippen LogP contribution in [0.2, 0.25) is 0 Å². The van der Waals surface area contributed by atoms with Crippen LogP contribution >= 0.6 is 0 Å². The number of rotatable bonds is 7. The highest BCUT2D eigenvalue weighted by atomic mass is 32.2. The molecule has 0 fully saturated rings. The average molecular weight is 347 g/mol. The Balaban J connectivity index is 2.02. The maximum absolute atomic E-state index is 12.5. The van der Waals surface area contributed by atoms with Gasteiger partial charge in [0.05, 0.1) is 12.3 Å². The molecule has 0 radical (unpaired) electrons. The summed E-state index contributed by atoms with van der Waals surface area (Å²) in [5, 5.41) is 3.27. The highest BCUT2D eigenvalue weighted by Crippen LogP contribution is 2.17. The average Bonchev–Trinajstić information content (AvgIpc) is 2.54. The molecule has 1 unspecified atom stereocenters. The number of hydrogen-bond acceptors (Lipinski definition) is 5. The van der Waals surface area contributed by atoms with Crippen molar-refractivity contribution >= 4 is 15.9 Å². The van der Waals surface area contributed by atoms with Crippen LogP contribution in [0.5, 0.6) is 5.75 Å². The Hall–Kier alpha value is -2.18. The molecule has 0 saturated heterocycles. The van der Waals surface area contributed by atoms with Gasteiger partial charge in [0.15, 0.2) is 5.78 Å². The molecule has 2 aromatic rings. The van der Waals surface area contributed by atoms with E-state index in [0.717, 1.165) is 11.8 Å². The van der Waals surface area contributed by atoms with E-state index in [1.165, 1.54) is 12.1 Å². The minimum absolute atomic E-state index is 0.0398. The van der Waals surface area contributed by atoms with E-state index in [0.29, 0.717) is 5.56 Å². The van der Waals surface area contributed by atoms with Crippen molar-refractivity contribution in [1.29, 1.82) is 0 Å². The number of ketones is 1. The van der Waals surface area contributed by atoms with E-state index in [-0.39, 0.29) is 23.6 Å². The molecule has 1 N–H and O–H groups in total. The molecule has 2 rings (SSSR count). The minimum atomic E-state index is -3.57. The molecule has 24 heavy (non-hydrogen) atoms. The Bertz CT molecular complexity index is 786. The Kier molecular flexibility index (Phi) is 5.75. The van der Waals surface area contributed by atoms with Crippen LogP contribution in [-0.2, 0) is 10.1 Å². The number of hydrogen-bond donors (Lipinski definition) is 1. The Morgan fingerprint density at radius 3 is 2.12 bits per heavy atom. The highest BCUT2D eigenvalue weighted by molar-refractivity contribution is 7.86. The van der Waals surface area contributed by atoms with Gasteiger partial charge in [-0.3, -0.25) is 4.79 Å². The number of benzene rings is 2. The molecule has 0 aliphatic heterocycles. The fraction of sp³-hybridized carbons (Fsp3) is 0.278. The van der Waals surface area contributed by atoms with Gasteiger partial charge in [0.25, 0.3) is 0 Å². The summed E-state index contributed by atoms with van der Waals surface area (Å²) in [6, 6.07) is 15.6. The van der Waals surface area contributed by atoms with Crippen molar-refractivity contribution < 1.29 is 17.4 Å². The van der Waals surface area contributed by atoms with Crippen LogP contribution in [-0.4, -0.2) is 26.5 Å². The highest BCUT2D eigenvalue weighted by Gasteiger charge is 2.18. The molecule has 0 spiro atoms. The minimum Gasteiger partial charge on any atom is -0.383 e. The van der Waals surface area contributed by atoms with Crippen LogP contribution < -0.4 is 9.50 Å². The van der Waals surface area contributed by atoms with Crippen molar-refractivity contribution in [3.63, 3.8) is 0 Å². The first kappa shape index (κ1) is 18.2. The van der Waals surface area contributed by atoms with Crippen molar-refractivity contribution in [3.8, 4) is 5.75 Å². The Morgan fingerprint density at radius 1 is 1.00 bits per heavy atom. The third kappa shape index (κ3) is 5.18. The summed E-state index contributed by atoms with van der Waals surface area (Å²) in [5.74, 6) is 0.121. The molecule has 0 saturated carbocycles. The normalized spacial score (nSPS) is 14.0. The zero-order valence-corrected chi connectivity index (χ0v) is 14.7. The zero-order valence-electron chi connectivity index (χ0n) is 13.9. The predicted octanol–water partition coefficient (Wildman–Crippen LogP) is 2.95. The number of Topliss-reactive ketones (excluding diaryl/α,β-unsaturated/α-hetero) is 1. The maximum atomic E-state index is 12.5. The molecule has 0 bridgehead atoms. The van der Waals surface area contributed by atoms with Crippen molar-refractivity contribution in [1.82, 2.24) is 5.32 Å². The lowest BCUT2D eigenvalue weighted by atomic mass is 10.0. The van der Waals surface area contributed by atoms with E-state index in [1.807, 2.05) is 44.2 Å². The first-order valence-corrected chi connectivity index (χ1v) is 9.42. The lowest BCUT2D eigenvalue weighted by Crippen LogP contribution is -2.35. The first-order valence-electron chi connectivity index (χ1n) is 7.61. The van der Waals surface area contributed by atoms with Crippen LogP contribution in [0.3, 0.4) is 0 Å². The van der Waals surface area contributed by atoms with Gasteiger partial charge in [0.1, 0.15) is 5.75 Å². The Labute approximate surface area is 142 Å².